The van der Waals surface area contributed by atoms with Gasteiger partial charge in [0.2, 0.25) is 5.95 Å². The predicted molar refractivity (Wildman–Crippen MR) is 139 cm³/mol. The SMILES string of the molecule is N#Cc1cc(Nc2nc(NC3CC3)c3ncc(C#N)n3n2)c(Cl)c(N2CCN(C3CN(C(=O)O)C3)CC2)c1. The number of hydrogen-bond donors (Lipinski definition) is 3. The zero-order valence-corrected chi connectivity index (χ0v) is 21.1. The molecule has 3 N–H and O–H groups in total. The first kappa shape index (κ1) is 24.0. The number of rotatable bonds is 6. The number of nitrogens with one attached hydrogen (secondary N) is 2. The molecule has 0 atom stereocenters. The summed E-state index contributed by atoms with van der Waals surface area (Å²) in [5, 5.41) is 39.7. The number of hydrogen-bond acceptors (Lipinski definition) is 10. The van der Waals surface area contributed by atoms with Crippen LogP contribution in [0.4, 0.5) is 27.9 Å². The first-order valence-electron chi connectivity index (χ1n) is 12.3. The molecule has 3 aromatic rings. The minimum Gasteiger partial charge on any atom is -0.465 e. The van der Waals surface area contributed by atoms with Crippen LogP contribution in [0, 0.1) is 22.7 Å². The van der Waals surface area contributed by atoms with Gasteiger partial charge in [-0.25, -0.2) is 9.78 Å². The highest BCUT2D eigenvalue weighted by molar-refractivity contribution is 6.36. The lowest BCUT2D eigenvalue weighted by atomic mass is 10.1. The molecule has 3 fully saturated rings. The van der Waals surface area contributed by atoms with Crippen LogP contribution in [0.5, 0.6) is 0 Å². The molecule has 1 aromatic carbocycles. The standard InChI is InChI=1S/C24H24ClN11O2/c25-20-18(30-23-31-21(29-15-1-2-15)22-28-11-16(10-27)36(22)32-23)7-14(9-26)8-19(20)34-5-3-33(4-6-34)17-12-35(13-17)24(37)38/h7-8,11,15,17H,1-6,12-13H2,(H,37,38)(H2,29,30,31,32). The summed E-state index contributed by atoms with van der Waals surface area (Å²) in [5.74, 6) is 0.740. The number of likely N-dealkylation sites (tertiary alicyclic amines) is 1. The van der Waals surface area contributed by atoms with Gasteiger partial charge in [-0.3, -0.25) is 4.90 Å². The van der Waals surface area contributed by atoms with E-state index in [4.69, 9.17) is 16.7 Å². The van der Waals surface area contributed by atoms with Crippen molar-refractivity contribution in [2.24, 2.45) is 0 Å². The van der Waals surface area contributed by atoms with E-state index in [2.05, 4.69) is 47.6 Å². The van der Waals surface area contributed by atoms with Crippen molar-refractivity contribution in [3.63, 3.8) is 0 Å². The topological polar surface area (TPSA) is 162 Å². The van der Waals surface area contributed by atoms with Gasteiger partial charge >= 0.3 is 6.09 Å². The number of anilines is 4. The summed E-state index contributed by atoms with van der Waals surface area (Å²) in [5.41, 5.74) is 2.38. The van der Waals surface area contributed by atoms with Crippen LogP contribution in [0.25, 0.3) is 5.65 Å². The molecular formula is C24H24ClN11O2. The number of carboxylic acid groups (broad SMARTS) is 1. The van der Waals surface area contributed by atoms with Crippen LogP contribution in [0.15, 0.2) is 18.3 Å². The number of fused-ring (bicyclic) bond motifs is 1. The average Bonchev–Trinajstić information content (AvgIpc) is 3.60. The third kappa shape index (κ3) is 4.47. The molecule has 6 rings (SSSR count). The molecule has 13 nitrogen and oxygen atoms in total. The van der Waals surface area contributed by atoms with Crippen molar-refractivity contribution < 1.29 is 9.90 Å². The van der Waals surface area contributed by atoms with Gasteiger partial charge in [-0.05, 0) is 25.0 Å². The highest BCUT2D eigenvalue weighted by Gasteiger charge is 2.36. The summed E-state index contributed by atoms with van der Waals surface area (Å²) in [6, 6.07) is 8.26. The van der Waals surface area contributed by atoms with Gasteiger partial charge in [0.05, 0.1) is 34.2 Å². The molecule has 2 saturated heterocycles. The van der Waals surface area contributed by atoms with Crippen LogP contribution in [-0.4, -0.2) is 91.9 Å². The van der Waals surface area contributed by atoms with E-state index in [9.17, 15) is 15.3 Å². The van der Waals surface area contributed by atoms with Crippen molar-refractivity contribution in [2.75, 3.05) is 54.8 Å². The van der Waals surface area contributed by atoms with Crippen LogP contribution in [-0.2, 0) is 0 Å². The highest BCUT2D eigenvalue weighted by Crippen LogP contribution is 2.37. The molecule has 1 saturated carbocycles. The van der Waals surface area contributed by atoms with Gasteiger partial charge < -0.3 is 25.5 Å². The quantitative estimate of drug-likeness (QED) is 0.426. The fourth-order valence-corrected chi connectivity index (χ4v) is 5.09. The average molecular weight is 534 g/mol. The Morgan fingerprint density at radius 2 is 1.89 bits per heavy atom. The minimum absolute atomic E-state index is 0.218. The molecular weight excluding hydrogens is 510 g/mol. The summed E-state index contributed by atoms with van der Waals surface area (Å²) in [7, 11) is 0. The maximum absolute atomic E-state index is 11.1. The van der Waals surface area contributed by atoms with Crippen LogP contribution in [0.3, 0.4) is 0 Å². The largest absolute Gasteiger partial charge is 0.465 e. The van der Waals surface area contributed by atoms with Gasteiger partial charge in [0.15, 0.2) is 17.2 Å². The third-order valence-electron chi connectivity index (χ3n) is 7.13. The summed E-state index contributed by atoms with van der Waals surface area (Å²) in [4.78, 5) is 25.8. The molecule has 194 valence electrons. The summed E-state index contributed by atoms with van der Waals surface area (Å²) in [6.45, 7) is 3.97. The number of imidazole rings is 1. The van der Waals surface area contributed by atoms with Crippen LogP contribution in [0.2, 0.25) is 5.02 Å². The second kappa shape index (κ2) is 9.52. The second-order valence-corrected chi connectivity index (χ2v) is 10.0. The van der Waals surface area contributed by atoms with Crippen molar-refractivity contribution in [1.29, 1.82) is 10.5 Å². The molecule has 2 aliphatic heterocycles. The Kier molecular flexibility index (Phi) is 6.02. The van der Waals surface area contributed by atoms with Gasteiger partial charge in [0, 0.05) is 51.4 Å². The molecule has 0 bridgehead atoms. The van der Waals surface area contributed by atoms with Crippen molar-refractivity contribution in [1.82, 2.24) is 29.4 Å². The van der Waals surface area contributed by atoms with Crippen molar-refractivity contribution in [3.05, 3.63) is 34.6 Å². The lowest BCUT2D eigenvalue weighted by molar-refractivity contribution is 0.0341. The number of carbonyl (C=O) groups is 1. The normalized spacial score (nSPS) is 18.1. The molecule has 0 spiro atoms. The Morgan fingerprint density at radius 3 is 2.55 bits per heavy atom. The van der Waals surface area contributed by atoms with Gasteiger partial charge in [0.1, 0.15) is 6.07 Å². The van der Waals surface area contributed by atoms with Crippen molar-refractivity contribution in [2.45, 2.75) is 24.9 Å². The number of aromatic nitrogens is 4. The Bertz CT molecular complexity index is 1490. The molecule has 1 aliphatic carbocycles. The molecule has 2 aromatic heterocycles. The molecule has 0 radical (unpaired) electrons. The van der Waals surface area contributed by atoms with E-state index in [1.807, 2.05) is 0 Å². The number of halogens is 1. The molecule has 4 heterocycles. The molecule has 0 unspecified atom stereocenters. The van der Waals surface area contributed by atoms with Crippen LogP contribution >= 0.6 is 11.6 Å². The van der Waals surface area contributed by atoms with Gasteiger partial charge in [0.25, 0.3) is 0 Å². The smallest absolute Gasteiger partial charge is 0.407 e. The van der Waals surface area contributed by atoms with Crippen molar-refractivity contribution in [3.8, 4) is 12.1 Å². The lowest BCUT2D eigenvalue weighted by Crippen LogP contribution is -2.64. The first-order valence-corrected chi connectivity index (χ1v) is 12.7. The highest BCUT2D eigenvalue weighted by atomic mass is 35.5. The molecule has 14 heteroatoms. The molecule has 38 heavy (non-hydrogen) atoms. The van der Waals surface area contributed by atoms with Gasteiger partial charge in [-0.15, -0.1) is 5.10 Å². The Morgan fingerprint density at radius 1 is 1.13 bits per heavy atom. The van der Waals surface area contributed by atoms with E-state index in [0.717, 1.165) is 31.6 Å². The summed E-state index contributed by atoms with van der Waals surface area (Å²) in [6.07, 6.45) is 2.65. The molecule has 3 aliphatic rings. The zero-order chi connectivity index (χ0) is 26.4. The van der Waals surface area contributed by atoms with E-state index >= 15 is 0 Å². The van der Waals surface area contributed by atoms with E-state index < -0.39 is 6.09 Å². The number of piperazine rings is 1. The summed E-state index contributed by atoms with van der Waals surface area (Å²) >= 11 is 6.86. The van der Waals surface area contributed by atoms with Crippen LogP contribution < -0.4 is 15.5 Å². The maximum Gasteiger partial charge on any atom is 0.407 e. The zero-order valence-electron chi connectivity index (χ0n) is 20.3. The fraction of sp³-hybridized carbons (Fsp3) is 0.417. The first-order chi connectivity index (χ1) is 18.4. The Hall–Kier alpha value is -4.33. The monoisotopic (exact) mass is 533 g/mol. The maximum atomic E-state index is 11.1. The van der Waals surface area contributed by atoms with E-state index in [1.165, 1.54) is 15.6 Å². The molecule has 1 amide bonds. The van der Waals surface area contributed by atoms with E-state index in [1.54, 1.807) is 12.1 Å². The predicted octanol–water partition coefficient (Wildman–Crippen LogP) is 2.32. The number of amides is 1. The van der Waals surface area contributed by atoms with Crippen molar-refractivity contribution >= 4 is 46.5 Å². The third-order valence-corrected chi connectivity index (χ3v) is 7.53. The van der Waals surface area contributed by atoms with Gasteiger partial charge in [-0.2, -0.15) is 20.0 Å². The van der Waals surface area contributed by atoms with Gasteiger partial charge in [-0.1, -0.05) is 11.6 Å². The minimum atomic E-state index is -0.879. The Labute approximate surface area is 222 Å². The number of nitrogens with zero attached hydrogens (tertiary/aromatic N) is 9. The van der Waals surface area contributed by atoms with E-state index in [0.29, 0.717) is 60.0 Å². The fourth-order valence-electron chi connectivity index (χ4n) is 4.81. The van der Waals surface area contributed by atoms with Crippen LogP contribution in [0.1, 0.15) is 24.1 Å². The number of nitriles is 2. The lowest BCUT2D eigenvalue weighted by Gasteiger charge is -2.47. The Balaban J connectivity index is 1.24. The second-order valence-electron chi connectivity index (χ2n) is 9.65. The summed E-state index contributed by atoms with van der Waals surface area (Å²) < 4.78 is 1.44. The number of benzene rings is 1. The van der Waals surface area contributed by atoms with E-state index in [-0.39, 0.29) is 17.7 Å².